The molecule has 2 aliphatic rings. The number of hydrogen-bond acceptors (Lipinski definition) is 6. The van der Waals surface area contributed by atoms with E-state index < -0.39 is 18.0 Å². The highest BCUT2D eigenvalue weighted by Gasteiger charge is 2.30. The van der Waals surface area contributed by atoms with E-state index in [1.807, 2.05) is 50.3 Å². The van der Waals surface area contributed by atoms with Crippen molar-refractivity contribution in [2.45, 2.75) is 32.0 Å². The van der Waals surface area contributed by atoms with Crippen molar-refractivity contribution in [2.24, 2.45) is 0 Å². The summed E-state index contributed by atoms with van der Waals surface area (Å²) in [6.07, 6.45) is 0.422. The first-order valence-corrected chi connectivity index (χ1v) is 13.1. The van der Waals surface area contributed by atoms with Gasteiger partial charge in [-0.15, -0.1) is 0 Å². The number of carbonyl (C=O) groups is 3. The Bertz CT molecular complexity index is 1390. The van der Waals surface area contributed by atoms with E-state index in [-0.39, 0.29) is 19.2 Å². The van der Waals surface area contributed by atoms with Crippen LogP contribution < -0.4 is 15.5 Å². The molecule has 0 saturated carbocycles. The van der Waals surface area contributed by atoms with Gasteiger partial charge in [0.15, 0.2) is 0 Å². The van der Waals surface area contributed by atoms with Crippen molar-refractivity contribution in [2.75, 3.05) is 23.3 Å². The van der Waals surface area contributed by atoms with Crippen molar-refractivity contribution < 1.29 is 24.2 Å². The van der Waals surface area contributed by atoms with Crippen molar-refractivity contribution in [3.8, 4) is 0 Å². The van der Waals surface area contributed by atoms with Crippen molar-refractivity contribution in [3.63, 3.8) is 0 Å². The molecule has 0 spiro atoms. The summed E-state index contributed by atoms with van der Waals surface area (Å²) in [6, 6.07) is 12.2. The van der Waals surface area contributed by atoms with Crippen LogP contribution in [-0.4, -0.2) is 51.8 Å². The number of fused-ring (bicyclic) bond motifs is 1. The predicted molar refractivity (Wildman–Crippen MR) is 145 cm³/mol. The molecule has 0 bridgehead atoms. The lowest BCUT2D eigenvalue weighted by Gasteiger charge is -2.33. The highest BCUT2D eigenvalue weighted by atomic mass is 127. The molecule has 2 aromatic carbocycles. The van der Waals surface area contributed by atoms with Crippen LogP contribution in [0.2, 0.25) is 5.02 Å². The number of carbonyl (C=O) groups excluding carboxylic acids is 2. The molecular weight excluding hydrogens is 613 g/mol. The lowest BCUT2D eigenvalue weighted by molar-refractivity contribution is 0.0535. The SMILES string of the molecule is O=C(O)N[C@@H]1CCCN(c2nc(I)c(C(=O)Nc3ccc4c(c3)C(=O)OC4)n2Cc2ccccc2Cl)C1. The first kappa shape index (κ1) is 25.3. The standard InChI is InChI=1S/C25H23ClIN5O5/c26-19-6-2-1-4-14(19)11-32-20(22(33)28-16-8-7-15-13-37-23(34)18(15)10-16)21(27)30-24(32)31-9-3-5-17(12-31)29-25(35)36/h1-2,4,6-8,10,17,29H,3,5,9,11-13H2,(H,28,33)(H,35,36)/t17-/m1/s1. The molecule has 5 rings (SSSR count). The number of rotatable bonds is 6. The molecule has 1 saturated heterocycles. The number of nitrogens with zero attached hydrogens (tertiary/aromatic N) is 3. The number of halogens is 2. The first-order valence-electron chi connectivity index (χ1n) is 11.7. The molecular formula is C25H23ClIN5O5. The van der Waals surface area contributed by atoms with Crippen molar-refractivity contribution in [3.05, 3.63) is 73.6 Å². The monoisotopic (exact) mass is 635 g/mol. The van der Waals surface area contributed by atoms with Gasteiger partial charge in [-0.05, 0) is 59.2 Å². The molecule has 192 valence electrons. The van der Waals surface area contributed by atoms with E-state index >= 15 is 0 Å². The zero-order chi connectivity index (χ0) is 26.1. The second kappa shape index (κ2) is 10.6. The van der Waals surface area contributed by atoms with Crippen LogP contribution in [0.5, 0.6) is 0 Å². The van der Waals surface area contributed by atoms with Gasteiger partial charge in [0.05, 0.1) is 12.1 Å². The number of aromatic nitrogens is 2. The lowest BCUT2D eigenvalue weighted by atomic mass is 10.1. The van der Waals surface area contributed by atoms with Gasteiger partial charge in [0, 0.05) is 35.4 Å². The highest BCUT2D eigenvalue weighted by molar-refractivity contribution is 14.1. The zero-order valence-corrected chi connectivity index (χ0v) is 22.5. The Kier molecular flexibility index (Phi) is 7.24. The Hall–Kier alpha value is -3.32. The van der Waals surface area contributed by atoms with Gasteiger partial charge in [-0.1, -0.05) is 35.9 Å². The predicted octanol–water partition coefficient (Wildman–Crippen LogP) is 4.35. The minimum atomic E-state index is -1.07. The maximum atomic E-state index is 13.6. The van der Waals surface area contributed by atoms with Crippen molar-refractivity contribution in [1.29, 1.82) is 0 Å². The van der Waals surface area contributed by atoms with E-state index in [2.05, 4.69) is 10.6 Å². The number of amides is 2. The average Bonchev–Trinajstić information content (AvgIpc) is 3.39. The van der Waals surface area contributed by atoms with Crippen LogP contribution in [-0.2, 0) is 17.9 Å². The molecule has 10 nitrogen and oxygen atoms in total. The Balaban J connectivity index is 1.50. The van der Waals surface area contributed by atoms with Gasteiger partial charge in [-0.25, -0.2) is 14.6 Å². The fourth-order valence-electron chi connectivity index (χ4n) is 4.65. The maximum Gasteiger partial charge on any atom is 0.404 e. The molecule has 3 N–H and O–H groups in total. The number of anilines is 2. The molecule has 3 heterocycles. The van der Waals surface area contributed by atoms with Gasteiger partial charge in [-0.3, -0.25) is 4.79 Å². The number of carboxylic acid groups (broad SMARTS) is 1. The number of nitrogens with one attached hydrogen (secondary N) is 2. The van der Waals surface area contributed by atoms with Crippen molar-refractivity contribution >= 4 is 63.8 Å². The molecule has 1 fully saturated rings. The summed E-state index contributed by atoms with van der Waals surface area (Å²) in [5, 5.41) is 15.2. The molecule has 12 heteroatoms. The third-order valence-corrected chi connectivity index (χ3v) is 7.51. The van der Waals surface area contributed by atoms with Gasteiger partial charge < -0.3 is 29.9 Å². The van der Waals surface area contributed by atoms with Gasteiger partial charge in [0.1, 0.15) is 16.0 Å². The van der Waals surface area contributed by atoms with Crippen LogP contribution in [0, 0.1) is 3.70 Å². The molecule has 0 radical (unpaired) electrons. The van der Waals surface area contributed by atoms with E-state index in [0.717, 1.165) is 24.0 Å². The molecule has 3 aromatic rings. The molecule has 0 aliphatic carbocycles. The summed E-state index contributed by atoms with van der Waals surface area (Å²) in [5.74, 6) is -0.246. The van der Waals surface area contributed by atoms with Crippen molar-refractivity contribution in [1.82, 2.24) is 14.9 Å². The summed E-state index contributed by atoms with van der Waals surface area (Å²) in [4.78, 5) is 43.5. The van der Waals surface area contributed by atoms with Crippen LogP contribution in [0.4, 0.5) is 16.4 Å². The molecule has 0 unspecified atom stereocenters. The average molecular weight is 636 g/mol. The largest absolute Gasteiger partial charge is 0.465 e. The maximum absolute atomic E-state index is 13.6. The molecule has 37 heavy (non-hydrogen) atoms. The first-order chi connectivity index (χ1) is 17.8. The molecule has 1 atom stereocenters. The van der Waals surface area contributed by atoms with E-state index in [9.17, 15) is 19.5 Å². The van der Waals surface area contributed by atoms with E-state index in [0.29, 0.717) is 44.7 Å². The number of ether oxygens (including phenoxy) is 1. The summed E-state index contributed by atoms with van der Waals surface area (Å²) < 4.78 is 7.36. The van der Waals surface area contributed by atoms with E-state index in [1.165, 1.54) is 0 Å². The smallest absolute Gasteiger partial charge is 0.404 e. The van der Waals surface area contributed by atoms with Crippen LogP contribution in [0.1, 0.15) is 44.8 Å². The second-order valence-corrected chi connectivity index (χ2v) is 10.3. The van der Waals surface area contributed by atoms with Crippen LogP contribution in [0.3, 0.4) is 0 Å². The zero-order valence-electron chi connectivity index (χ0n) is 19.5. The Morgan fingerprint density at radius 3 is 2.84 bits per heavy atom. The Morgan fingerprint density at radius 1 is 1.24 bits per heavy atom. The summed E-state index contributed by atoms with van der Waals surface area (Å²) in [5.41, 5.74) is 2.83. The number of piperidine rings is 1. The van der Waals surface area contributed by atoms with Gasteiger partial charge in [-0.2, -0.15) is 0 Å². The Morgan fingerprint density at radius 2 is 2.05 bits per heavy atom. The fourth-order valence-corrected chi connectivity index (χ4v) is 5.60. The van der Waals surface area contributed by atoms with E-state index in [1.54, 1.807) is 24.3 Å². The quantitative estimate of drug-likeness (QED) is 0.272. The van der Waals surface area contributed by atoms with Crippen LogP contribution in [0.25, 0.3) is 0 Å². The normalized spacial score (nSPS) is 16.8. The van der Waals surface area contributed by atoms with Crippen LogP contribution >= 0.6 is 34.2 Å². The Labute approximate surface area is 231 Å². The highest BCUT2D eigenvalue weighted by Crippen LogP contribution is 2.29. The molecule has 1 aromatic heterocycles. The lowest BCUT2D eigenvalue weighted by Crippen LogP contribution is -2.48. The minimum Gasteiger partial charge on any atom is -0.465 e. The summed E-state index contributed by atoms with van der Waals surface area (Å²) in [7, 11) is 0. The summed E-state index contributed by atoms with van der Waals surface area (Å²) >= 11 is 8.49. The fraction of sp³-hybridized carbons (Fsp3) is 0.280. The number of cyclic esters (lactones) is 1. The van der Waals surface area contributed by atoms with Gasteiger partial charge in [0.2, 0.25) is 5.95 Å². The van der Waals surface area contributed by atoms with E-state index in [4.69, 9.17) is 21.3 Å². The molecule has 2 amide bonds. The number of esters is 1. The number of imidazole rings is 1. The third kappa shape index (κ3) is 5.37. The molecule has 2 aliphatic heterocycles. The third-order valence-electron chi connectivity index (χ3n) is 6.38. The summed E-state index contributed by atoms with van der Waals surface area (Å²) in [6.45, 7) is 1.61. The number of hydrogen-bond donors (Lipinski definition) is 3. The topological polar surface area (TPSA) is 126 Å². The number of benzene rings is 2. The van der Waals surface area contributed by atoms with Crippen LogP contribution in [0.15, 0.2) is 42.5 Å². The second-order valence-electron chi connectivity index (χ2n) is 8.87. The minimum absolute atomic E-state index is 0.224. The van der Waals surface area contributed by atoms with Gasteiger partial charge in [0.25, 0.3) is 5.91 Å². The van der Waals surface area contributed by atoms with Gasteiger partial charge >= 0.3 is 12.1 Å².